The van der Waals surface area contributed by atoms with Crippen LogP contribution in [0.2, 0.25) is 5.02 Å². The van der Waals surface area contributed by atoms with Crippen LogP contribution in [-0.2, 0) is 0 Å². The number of aromatic nitrogens is 2. The number of rotatable bonds is 4. The van der Waals surface area contributed by atoms with Gasteiger partial charge >= 0.3 is 0 Å². The lowest BCUT2D eigenvalue weighted by atomic mass is 10.2. The summed E-state index contributed by atoms with van der Waals surface area (Å²) in [6.07, 6.45) is 3.06. The first-order chi connectivity index (χ1) is 12.0. The molecule has 25 heavy (non-hydrogen) atoms. The lowest BCUT2D eigenvalue weighted by molar-refractivity contribution is 0.101. The zero-order valence-electron chi connectivity index (χ0n) is 13.1. The van der Waals surface area contributed by atoms with Crippen molar-refractivity contribution in [1.29, 1.82) is 0 Å². The van der Waals surface area contributed by atoms with E-state index >= 15 is 0 Å². The van der Waals surface area contributed by atoms with E-state index in [0.717, 1.165) is 5.56 Å². The number of hydrogen-bond donors (Lipinski definition) is 2. The minimum absolute atomic E-state index is 0.203. The minimum Gasteiger partial charge on any atom is -0.319 e. The number of nitrogens with zero attached hydrogens (tertiary/aromatic N) is 2. The predicted octanol–water partition coefficient (Wildman–Crippen LogP) is 4.00. The highest BCUT2D eigenvalue weighted by Gasteiger charge is 2.15. The largest absolute Gasteiger partial charge is 0.319 e. The van der Waals surface area contributed by atoms with Gasteiger partial charge in [0.1, 0.15) is 5.69 Å². The number of carbonyl (C=O) groups excluding carboxylic acids is 2. The maximum atomic E-state index is 12.3. The van der Waals surface area contributed by atoms with Crippen LogP contribution in [-0.4, -0.2) is 21.8 Å². The van der Waals surface area contributed by atoms with E-state index in [2.05, 4.69) is 20.6 Å². The summed E-state index contributed by atoms with van der Waals surface area (Å²) in [6.45, 7) is 1.85. The van der Waals surface area contributed by atoms with Gasteiger partial charge in [-0.15, -0.1) is 11.3 Å². The Labute approximate surface area is 152 Å². The summed E-state index contributed by atoms with van der Waals surface area (Å²) in [7, 11) is 0. The first-order valence-electron chi connectivity index (χ1n) is 7.28. The fourth-order valence-corrected chi connectivity index (χ4v) is 3.03. The first-order valence-corrected chi connectivity index (χ1v) is 8.53. The van der Waals surface area contributed by atoms with Crippen LogP contribution in [0, 0.1) is 6.92 Å². The van der Waals surface area contributed by atoms with E-state index in [4.69, 9.17) is 11.6 Å². The van der Waals surface area contributed by atoms with Crippen molar-refractivity contribution in [1.82, 2.24) is 9.97 Å². The summed E-state index contributed by atoms with van der Waals surface area (Å²) in [5.74, 6) is -0.706. The molecule has 8 heteroatoms. The van der Waals surface area contributed by atoms with Crippen molar-refractivity contribution < 1.29 is 9.59 Å². The Morgan fingerprint density at radius 1 is 1.08 bits per heavy atom. The highest BCUT2D eigenvalue weighted by Crippen LogP contribution is 2.26. The van der Waals surface area contributed by atoms with Gasteiger partial charge in [-0.25, -0.2) is 4.98 Å². The van der Waals surface area contributed by atoms with Gasteiger partial charge in [0, 0.05) is 23.3 Å². The van der Waals surface area contributed by atoms with Gasteiger partial charge in [-0.05, 0) is 30.7 Å². The Bertz CT molecular complexity index is 907. The van der Waals surface area contributed by atoms with Crippen molar-refractivity contribution >= 4 is 45.6 Å². The van der Waals surface area contributed by atoms with Crippen LogP contribution in [0.5, 0.6) is 0 Å². The van der Waals surface area contributed by atoms with Crippen LogP contribution in [0.3, 0.4) is 0 Å². The maximum Gasteiger partial charge on any atom is 0.275 e. The van der Waals surface area contributed by atoms with Gasteiger partial charge in [0.05, 0.1) is 10.7 Å². The molecule has 0 unspecified atom stereocenters. The molecule has 0 atom stereocenters. The standard InChI is InChI=1S/C17H13ClN4O2S/c1-10-3-2-4-12(18)14(10)21-16(24)13-9-25-17(20-13)22-15(23)11-5-7-19-8-6-11/h2-9H,1H3,(H,21,24)(H,20,22,23). The van der Waals surface area contributed by atoms with E-state index in [0.29, 0.717) is 21.4 Å². The van der Waals surface area contributed by atoms with Crippen molar-refractivity contribution in [3.63, 3.8) is 0 Å². The number of halogens is 1. The maximum absolute atomic E-state index is 12.3. The molecule has 0 radical (unpaired) electrons. The van der Waals surface area contributed by atoms with E-state index in [1.807, 2.05) is 19.1 Å². The molecule has 3 aromatic rings. The van der Waals surface area contributed by atoms with E-state index in [1.54, 1.807) is 23.6 Å². The molecule has 3 rings (SSSR count). The topological polar surface area (TPSA) is 84.0 Å². The van der Waals surface area contributed by atoms with E-state index < -0.39 is 5.91 Å². The summed E-state index contributed by atoms with van der Waals surface area (Å²) in [5.41, 5.74) is 2.06. The molecule has 2 N–H and O–H groups in total. The van der Waals surface area contributed by atoms with Crippen LogP contribution < -0.4 is 10.6 Å². The molecule has 1 aromatic carbocycles. The molecule has 6 nitrogen and oxygen atoms in total. The zero-order chi connectivity index (χ0) is 17.8. The minimum atomic E-state index is -0.392. The SMILES string of the molecule is Cc1cccc(Cl)c1NC(=O)c1csc(NC(=O)c2ccncc2)n1. The number of aryl methyl sites for hydroxylation is 1. The number of hydrogen-bond acceptors (Lipinski definition) is 5. The Kier molecular flexibility index (Phi) is 5.06. The Hall–Kier alpha value is -2.77. The lowest BCUT2D eigenvalue weighted by Crippen LogP contribution is -2.15. The smallest absolute Gasteiger partial charge is 0.275 e. The molecule has 2 amide bonds. The average Bonchev–Trinajstić information content (AvgIpc) is 3.07. The third-order valence-electron chi connectivity index (χ3n) is 3.36. The Morgan fingerprint density at radius 3 is 2.56 bits per heavy atom. The summed E-state index contributed by atoms with van der Waals surface area (Å²) in [6, 6.07) is 8.55. The second-order valence-electron chi connectivity index (χ2n) is 5.11. The van der Waals surface area contributed by atoms with E-state index in [9.17, 15) is 9.59 Å². The van der Waals surface area contributed by atoms with Crippen molar-refractivity contribution in [2.45, 2.75) is 6.92 Å². The van der Waals surface area contributed by atoms with Gasteiger partial charge in [0.25, 0.3) is 11.8 Å². The molecule has 126 valence electrons. The molecule has 0 saturated heterocycles. The van der Waals surface area contributed by atoms with Crippen LogP contribution in [0.1, 0.15) is 26.4 Å². The molecule has 0 spiro atoms. The highest BCUT2D eigenvalue weighted by atomic mass is 35.5. The van der Waals surface area contributed by atoms with E-state index in [-0.39, 0.29) is 11.6 Å². The number of pyridine rings is 1. The second kappa shape index (κ2) is 7.42. The molecule has 0 aliphatic heterocycles. The summed E-state index contributed by atoms with van der Waals surface area (Å²) in [4.78, 5) is 32.4. The predicted molar refractivity (Wildman–Crippen MR) is 98.4 cm³/mol. The van der Waals surface area contributed by atoms with E-state index in [1.165, 1.54) is 23.7 Å². The van der Waals surface area contributed by atoms with Crippen LogP contribution in [0.4, 0.5) is 10.8 Å². The molecular formula is C17H13ClN4O2S. The fraction of sp³-hybridized carbons (Fsp3) is 0.0588. The third-order valence-corrected chi connectivity index (χ3v) is 4.43. The molecule has 0 fully saturated rings. The fourth-order valence-electron chi connectivity index (χ4n) is 2.08. The van der Waals surface area contributed by atoms with Crippen molar-refractivity contribution in [2.24, 2.45) is 0 Å². The molecule has 2 aromatic heterocycles. The summed E-state index contributed by atoms with van der Waals surface area (Å²) < 4.78 is 0. The summed E-state index contributed by atoms with van der Waals surface area (Å²) in [5, 5.41) is 7.76. The molecule has 2 heterocycles. The van der Waals surface area contributed by atoms with Crippen LogP contribution >= 0.6 is 22.9 Å². The van der Waals surface area contributed by atoms with Crippen molar-refractivity contribution in [2.75, 3.05) is 10.6 Å². The number of carbonyl (C=O) groups is 2. The van der Waals surface area contributed by atoms with Gasteiger partial charge in [-0.2, -0.15) is 0 Å². The number of thiazole rings is 1. The zero-order valence-corrected chi connectivity index (χ0v) is 14.7. The lowest BCUT2D eigenvalue weighted by Gasteiger charge is -2.08. The number of amides is 2. The normalized spacial score (nSPS) is 10.3. The number of para-hydroxylation sites is 1. The summed E-state index contributed by atoms with van der Waals surface area (Å²) >= 11 is 7.28. The Balaban J connectivity index is 1.71. The monoisotopic (exact) mass is 372 g/mol. The van der Waals surface area contributed by atoms with Crippen molar-refractivity contribution in [3.05, 3.63) is 69.9 Å². The average molecular weight is 373 g/mol. The van der Waals surface area contributed by atoms with Gasteiger partial charge in [-0.3, -0.25) is 19.9 Å². The molecular weight excluding hydrogens is 360 g/mol. The van der Waals surface area contributed by atoms with Gasteiger partial charge in [0.15, 0.2) is 5.13 Å². The number of anilines is 2. The first kappa shape index (κ1) is 17.1. The van der Waals surface area contributed by atoms with Crippen LogP contribution in [0.15, 0.2) is 48.1 Å². The highest BCUT2D eigenvalue weighted by molar-refractivity contribution is 7.14. The molecule has 0 aliphatic rings. The quantitative estimate of drug-likeness (QED) is 0.724. The number of nitrogens with one attached hydrogen (secondary N) is 2. The second-order valence-corrected chi connectivity index (χ2v) is 6.38. The molecule has 0 bridgehead atoms. The van der Waals surface area contributed by atoms with Gasteiger partial charge < -0.3 is 5.32 Å². The van der Waals surface area contributed by atoms with Gasteiger partial charge in [0.2, 0.25) is 0 Å². The van der Waals surface area contributed by atoms with Crippen molar-refractivity contribution in [3.8, 4) is 0 Å². The molecule has 0 saturated carbocycles. The Morgan fingerprint density at radius 2 is 1.84 bits per heavy atom. The number of benzene rings is 1. The van der Waals surface area contributed by atoms with Crippen LogP contribution in [0.25, 0.3) is 0 Å². The third kappa shape index (κ3) is 4.01. The molecule has 0 aliphatic carbocycles. The van der Waals surface area contributed by atoms with Gasteiger partial charge in [-0.1, -0.05) is 23.7 Å².